The second-order valence-corrected chi connectivity index (χ2v) is 7.47. The average molecular weight is 390 g/mol. The Morgan fingerprint density at radius 3 is 2.63 bits per heavy atom. The Bertz CT molecular complexity index is 788. The molecule has 2 aliphatic rings. The molecule has 0 unspecified atom stereocenters. The van der Waals surface area contributed by atoms with Gasteiger partial charge in [-0.15, -0.1) is 0 Å². The monoisotopic (exact) mass is 389 g/mol. The van der Waals surface area contributed by atoms with E-state index in [4.69, 9.17) is 30.5 Å². The zero-order valence-corrected chi connectivity index (χ0v) is 16.2. The molecule has 1 saturated heterocycles. The number of hydrogen-bond acceptors (Lipinski definition) is 5. The van der Waals surface area contributed by atoms with Crippen LogP contribution < -0.4 is 19.5 Å². The summed E-state index contributed by atoms with van der Waals surface area (Å²) in [4.78, 5) is 0. The maximum absolute atomic E-state index is 6.08. The molecule has 0 saturated carbocycles. The number of benzene rings is 2. The van der Waals surface area contributed by atoms with E-state index in [0.717, 1.165) is 55.5 Å². The Balaban J connectivity index is 1.48. The van der Waals surface area contributed by atoms with Gasteiger partial charge in [-0.05, 0) is 48.2 Å². The van der Waals surface area contributed by atoms with Gasteiger partial charge in [0.05, 0.1) is 7.11 Å². The van der Waals surface area contributed by atoms with E-state index in [1.54, 1.807) is 7.11 Å². The first kappa shape index (κ1) is 18.4. The summed E-state index contributed by atoms with van der Waals surface area (Å²) in [6.45, 7) is 3.39. The van der Waals surface area contributed by atoms with Gasteiger partial charge in [-0.3, -0.25) is 0 Å². The van der Waals surface area contributed by atoms with Gasteiger partial charge in [0.25, 0.3) is 0 Å². The number of fused-ring (bicyclic) bond motifs is 1. The van der Waals surface area contributed by atoms with Crippen molar-refractivity contribution in [3.05, 3.63) is 52.5 Å². The highest BCUT2D eigenvalue weighted by molar-refractivity contribution is 6.30. The van der Waals surface area contributed by atoms with Crippen LogP contribution in [0.25, 0.3) is 0 Å². The van der Waals surface area contributed by atoms with Crippen molar-refractivity contribution in [2.75, 3.05) is 33.7 Å². The number of methoxy groups -OCH3 is 1. The summed E-state index contributed by atoms with van der Waals surface area (Å²) in [7, 11) is 1.64. The van der Waals surface area contributed by atoms with E-state index in [0.29, 0.717) is 11.5 Å². The van der Waals surface area contributed by atoms with Crippen LogP contribution in [0.5, 0.6) is 17.2 Å². The van der Waals surface area contributed by atoms with Crippen LogP contribution in [-0.2, 0) is 16.7 Å². The van der Waals surface area contributed by atoms with Crippen molar-refractivity contribution in [3.63, 3.8) is 0 Å². The Kier molecular flexibility index (Phi) is 5.43. The normalized spacial score (nSPS) is 17.7. The molecular weight excluding hydrogens is 366 g/mol. The van der Waals surface area contributed by atoms with Gasteiger partial charge in [0.2, 0.25) is 12.5 Å². The lowest BCUT2D eigenvalue weighted by atomic mass is 9.74. The molecule has 2 aromatic rings. The van der Waals surface area contributed by atoms with Crippen LogP contribution in [0, 0.1) is 0 Å². The van der Waals surface area contributed by atoms with Crippen LogP contribution in [0.2, 0.25) is 5.02 Å². The zero-order chi connectivity index (χ0) is 18.7. The van der Waals surface area contributed by atoms with Crippen molar-refractivity contribution in [2.24, 2.45) is 0 Å². The van der Waals surface area contributed by atoms with Gasteiger partial charge in [0.1, 0.15) is 0 Å². The Morgan fingerprint density at radius 2 is 1.89 bits per heavy atom. The third-order valence-electron chi connectivity index (χ3n) is 5.42. The van der Waals surface area contributed by atoms with E-state index in [9.17, 15) is 0 Å². The fraction of sp³-hybridized carbons (Fsp3) is 0.429. The second kappa shape index (κ2) is 7.97. The van der Waals surface area contributed by atoms with Gasteiger partial charge in [-0.1, -0.05) is 23.7 Å². The van der Waals surface area contributed by atoms with Crippen LogP contribution in [-0.4, -0.2) is 33.7 Å². The molecule has 0 aliphatic carbocycles. The first-order valence-electron chi connectivity index (χ1n) is 9.21. The molecule has 144 valence electrons. The van der Waals surface area contributed by atoms with Crippen molar-refractivity contribution in [1.82, 2.24) is 5.32 Å². The standard InChI is InChI=1S/C21H24ClNO4/c1-24-18-10-15(11-19-20(18)27-14-26-19)12-23-13-21(6-8-25-9-7-21)16-2-4-17(22)5-3-16/h2-5,10-11,23H,6-9,12-14H2,1H3. The molecule has 0 atom stereocenters. The molecule has 5 nitrogen and oxygen atoms in total. The van der Waals surface area contributed by atoms with Crippen LogP contribution in [0.15, 0.2) is 36.4 Å². The Morgan fingerprint density at radius 1 is 1.11 bits per heavy atom. The lowest BCUT2D eigenvalue weighted by molar-refractivity contribution is 0.0498. The minimum Gasteiger partial charge on any atom is -0.493 e. The molecule has 1 N–H and O–H groups in total. The fourth-order valence-corrected chi connectivity index (χ4v) is 3.99. The lowest BCUT2D eigenvalue weighted by Gasteiger charge is -2.38. The van der Waals surface area contributed by atoms with Gasteiger partial charge in [-0.25, -0.2) is 0 Å². The zero-order valence-electron chi connectivity index (χ0n) is 15.4. The summed E-state index contributed by atoms with van der Waals surface area (Å²) in [5.74, 6) is 2.13. The average Bonchev–Trinajstić information content (AvgIpc) is 3.17. The van der Waals surface area contributed by atoms with E-state index < -0.39 is 0 Å². The number of rotatable bonds is 6. The maximum Gasteiger partial charge on any atom is 0.231 e. The minimum absolute atomic E-state index is 0.0588. The summed E-state index contributed by atoms with van der Waals surface area (Å²) in [6, 6.07) is 12.2. The number of ether oxygens (including phenoxy) is 4. The molecule has 2 heterocycles. The predicted molar refractivity (Wildman–Crippen MR) is 104 cm³/mol. The van der Waals surface area contributed by atoms with Crippen molar-refractivity contribution in [3.8, 4) is 17.2 Å². The molecule has 6 heteroatoms. The van der Waals surface area contributed by atoms with E-state index in [1.165, 1.54) is 5.56 Å². The largest absolute Gasteiger partial charge is 0.493 e. The van der Waals surface area contributed by atoms with Gasteiger partial charge >= 0.3 is 0 Å². The van der Waals surface area contributed by atoms with E-state index in [-0.39, 0.29) is 12.2 Å². The molecule has 0 radical (unpaired) electrons. The number of nitrogens with one attached hydrogen (secondary N) is 1. The topological polar surface area (TPSA) is 49.0 Å². The third-order valence-corrected chi connectivity index (χ3v) is 5.67. The first-order valence-corrected chi connectivity index (χ1v) is 9.59. The van der Waals surface area contributed by atoms with Crippen molar-refractivity contribution in [1.29, 1.82) is 0 Å². The van der Waals surface area contributed by atoms with Gasteiger partial charge in [0.15, 0.2) is 11.5 Å². The van der Waals surface area contributed by atoms with Crippen LogP contribution in [0.4, 0.5) is 0 Å². The molecule has 0 aromatic heterocycles. The van der Waals surface area contributed by atoms with Crippen molar-refractivity contribution in [2.45, 2.75) is 24.8 Å². The SMILES string of the molecule is COc1cc(CNCC2(c3ccc(Cl)cc3)CCOCC2)cc2c1OCO2. The van der Waals surface area contributed by atoms with Crippen molar-refractivity contribution < 1.29 is 18.9 Å². The Labute approximate surface area is 164 Å². The number of hydrogen-bond donors (Lipinski definition) is 1. The molecule has 2 aromatic carbocycles. The Hall–Kier alpha value is -1.95. The second-order valence-electron chi connectivity index (χ2n) is 7.04. The first-order chi connectivity index (χ1) is 13.2. The summed E-state index contributed by atoms with van der Waals surface area (Å²) < 4.78 is 22.0. The molecule has 1 fully saturated rings. The summed E-state index contributed by atoms with van der Waals surface area (Å²) >= 11 is 6.08. The predicted octanol–water partition coefficient (Wildman–Crippen LogP) is 3.92. The van der Waals surface area contributed by atoms with E-state index in [1.807, 2.05) is 24.3 Å². The van der Waals surface area contributed by atoms with Crippen LogP contribution in [0.3, 0.4) is 0 Å². The van der Waals surface area contributed by atoms with Gasteiger partial charge < -0.3 is 24.3 Å². The van der Waals surface area contributed by atoms with Crippen LogP contribution >= 0.6 is 11.6 Å². The highest BCUT2D eigenvalue weighted by Crippen LogP contribution is 2.42. The lowest BCUT2D eigenvalue weighted by Crippen LogP contribution is -2.42. The quantitative estimate of drug-likeness (QED) is 0.811. The molecule has 0 bridgehead atoms. The highest BCUT2D eigenvalue weighted by Gasteiger charge is 2.34. The molecule has 4 rings (SSSR count). The highest BCUT2D eigenvalue weighted by atomic mass is 35.5. The fourth-order valence-electron chi connectivity index (χ4n) is 3.87. The minimum atomic E-state index is 0.0588. The van der Waals surface area contributed by atoms with E-state index in [2.05, 4.69) is 17.4 Å². The molecule has 0 amide bonds. The molecule has 27 heavy (non-hydrogen) atoms. The molecule has 2 aliphatic heterocycles. The van der Waals surface area contributed by atoms with Gasteiger partial charge in [0, 0.05) is 36.7 Å². The summed E-state index contributed by atoms with van der Waals surface area (Å²) in [5.41, 5.74) is 2.48. The van der Waals surface area contributed by atoms with Crippen molar-refractivity contribution >= 4 is 11.6 Å². The van der Waals surface area contributed by atoms with Crippen LogP contribution in [0.1, 0.15) is 24.0 Å². The van der Waals surface area contributed by atoms with E-state index >= 15 is 0 Å². The third kappa shape index (κ3) is 3.86. The molecule has 0 spiro atoms. The maximum atomic E-state index is 6.08. The van der Waals surface area contributed by atoms with Gasteiger partial charge in [-0.2, -0.15) is 0 Å². The smallest absolute Gasteiger partial charge is 0.231 e. The number of halogens is 1. The summed E-state index contributed by atoms with van der Waals surface area (Å²) in [5, 5.41) is 4.39. The molecular formula is C21H24ClNO4. The summed E-state index contributed by atoms with van der Waals surface area (Å²) in [6.07, 6.45) is 1.98.